The van der Waals surface area contributed by atoms with E-state index in [0.29, 0.717) is 33.9 Å². The molecule has 1 unspecified atom stereocenters. The van der Waals surface area contributed by atoms with Crippen LogP contribution in [0.15, 0.2) is 65.9 Å². The molecule has 3 aromatic rings. The lowest BCUT2D eigenvalue weighted by molar-refractivity contribution is -0.385. The Labute approximate surface area is 172 Å². The number of methoxy groups -OCH3 is 1. The SMILES string of the molecule is COC(=O)C1=C(C)Nc2c(c(-c3ccccc3)nn2C)C1c1ccccc1[N+](=O)[O-]. The summed E-state index contributed by atoms with van der Waals surface area (Å²) in [6.45, 7) is 1.76. The van der Waals surface area contributed by atoms with Crippen molar-refractivity contribution in [3.05, 3.63) is 87.1 Å². The first kappa shape index (κ1) is 19.4. The number of para-hydroxylation sites is 1. The van der Waals surface area contributed by atoms with Crippen LogP contribution in [0.4, 0.5) is 11.5 Å². The summed E-state index contributed by atoms with van der Waals surface area (Å²) in [5, 5.41) is 19.7. The minimum atomic E-state index is -0.709. The number of nitro benzene ring substituents is 1. The van der Waals surface area contributed by atoms with Gasteiger partial charge < -0.3 is 10.1 Å². The number of benzene rings is 2. The van der Waals surface area contributed by atoms with Crippen LogP contribution >= 0.6 is 0 Å². The largest absolute Gasteiger partial charge is 0.466 e. The van der Waals surface area contributed by atoms with Crippen LogP contribution < -0.4 is 5.32 Å². The van der Waals surface area contributed by atoms with Crippen LogP contribution in [0.25, 0.3) is 11.3 Å². The zero-order chi connectivity index (χ0) is 21.4. The van der Waals surface area contributed by atoms with E-state index < -0.39 is 16.8 Å². The predicted molar refractivity (Wildman–Crippen MR) is 112 cm³/mol. The summed E-state index contributed by atoms with van der Waals surface area (Å²) in [4.78, 5) is 24.2. The Morgan fingerprint density at radius 3 is 2.50 bits per heavy atom. The van der Waals surface area contributed by atoms with Crippen molar-refractivity contribution in [1.29, 1.82) is 0 Å². The van der Waals surface area contributed by atoms with Crippen LogP contribution in [0.1, 0.15) is 24.0 Å². The summed E-state index contributed by atoms with van der Waals surface area (Å²) in [5.41, 5.74) is 3.44. The van der Waals surface area contributed by atoms with Gasteiger partial charge >= 0.3 is 5.97 Å². The molecule has 1 N–H and O–H groups in total. The highest BCUT2D eigenvalue weighted by Gasteiger charge is 2.40. The maximum absolute atomic E-state index is 12.8. The molecule has 0 fully saturated rings. The maximum atomic E-state index is 12.8. The number of nitrogens with one attached hydrogen (secondary N) is 1. The number of carbonyl (C=O) groups excluding carboxylic acids is 1. The van der Waals surface area contributed by atoms with Gasteiger partial charge in [-0.05, 0) is 6.92 Å². The van der Waals surface area contributed by atoms with Gasteiger partial charge in [0.25, 0.3) is 5.69 Å². The first-order chi connectivity index (χ1) is 14.4. The maximum Gasteiger partial charge on any atom is 0.336 e. The zero-order valence-corrected chi connectivity index (χ0v) is 16.7. The average molecular weight is 404 g/mol. The van der Waals surface area contributed by atoms with E-state index in [1.54, 1.807) is 36.9 Å². The van der Waals surface area contributed by atoms with Crippen molar-refractivity contribution in [2.45, 2.75) is 12.8 Å². The number of nitrogens with zero attached hydrogens (tertiary/aromatic N) is 3. The van der Waals surface area contributed by atoms with Crippen molar-refractivity contribution < 1.29 is 14.5 Å². The molecule has 0 saturated heterocycles. The van der Waals surface area contributed by atoms with Crippen molar-refractivity contribution in [3.63, 3.8) is 0 Å². The van der Waals surface area contributed by atoms with Crippen molar-refractivity contribution in [2.24, 2.45) is 7.05 Å². The molecule has 8 heteroatoms. The second-order valence-electron chi connectivity index (χ2n) is 7.00. The van der Waals surface area contributed by atoms with E-state index in [0.717, 1.165) is 5.56 Å². The minimum Gasteiger partial charge on any atom is -0.466 e. The topological polar surface area (TPSA) is 99.3 Å². The van der Waals surface area contributed by atoms with Crippen LogP contribution in [0, 0.1) is 10.1 Å². The second-order valence-corrected chi connectivity index (χ2v) is 7.00. The van der Waals surface area contributed by atoms with E-state index in [-0.39, 0.29) is 5.69 Å². The number of allylic oxidation sites excluding steroid dienone is 1. The third-order valence-electron chi connectivity index (χ3n) is 5.27. The normalized spacial score (nSPS) is 15.4. The highest BCUT2D eigenvalue weighted by Crippen LogP contribution is 2.48. The lowest BCUT2D eigenvalue weighted by Crippen LogP contribution is -2.25. The molecule has 0 spiro atoms. The van der Waals surface area contributed by atoms with Gasteiger partial charge in [0.15, 0.2) is 0 Å². The fourth-order valence-electron chi connectivity index (χ4n) is 3.97. The molecule has 0 amide bonds. The number of nitro groups is 1. The van der Waals surface area contributed by atoms with Gasteiger partial charge in [-0.3, -0.25) is 14.8 Å². The van der Waals surface area contributed by atoms with E-state index >= 15 is 0 Å². The molecule has 8 nitrogen and oxygen atoms in total. The number of hydrogen-bond donors (Lipinski definition) is 1. The first-order valence-corrected chi connectivity index (χ1v) is 9.35. The number of esters is 1. The molecule has 152 valence electrons. The van der Waals surface area contributed by atoms with Crippen molar-refractivity contribution in [3.8, 4) is 11.3 Å². The molecule has 1 aromatic heterocycles. The molecular weight excluding hydrogens is 384 g/mol. The van der Waals surface area contributed by atoms with E-state index in [4.69, 9.17) is 4.74 Å². The van der Waals surface area contributed by atoms with Crippen LogP contribution in [0.3, 0.4) is 0 Å². The molecule has 1 aliphatic rings. The number of aryl methyl sites for hydroxylation is 1. The molecule has 0 radical (unpaired) electrons. The Morgan fingerprint density at radius 2 is 1.83 bits per heavy atom. The molecule has 2 aromatic carbocycles. The van der Waals surface area contributed by atoms with Crippen molar-refractivity contribution in [1.82, 2.24) is 9.78 Å². The molecule has 1 atom stereocenters. The summed E-state index contributed by atoms with van der Waals surface area (Å²) in [5.74, 6) is -0.571. The lowest BCUT2D eigenvalue weighted by atomic mass is 9.80. The van der Waals surface area contributed by atoms with Gasteiger partial charge in [-0.25, -0.2) is 4.79 Å². The molecule has 0 aliphatic carbocycles. The molecule has 1 aliphatic heterocycles. The van der Waals surface area contributed by atoms with Gasteiger partial charge in [-0.2, -0.15) is 5.10 Å². The predicted octanol–water partition coefficient (Wildman–Crippen LogP) is 4.00. The van der Waals surface area contributed by atoms with E-state index in [1.807, 2.05) is 30.3 Å². The quantitative estimate of drug-likeness (QED) is 0.401. The Balaban J connectivity index is 2.07. The fourth-order valence-corrected chi connectivity index (χ4v) is 3.97. The lowest BCUT2D eigenvalue weighted by Gasteiger charge is -2.28. The number of carbonyl (C=O) groups is 1. The average Bonchev–Trinajstić information content (AvgIpc) is 3.09. The van der Waals surface area contributed by atoms with E-state index in [1.165, 1.54) is 13.2 Å². The van der Waals surface area contributed by atoms with Crippen LogP contribution in [0.5, 0.6) is 0 Å². The van der Waals surface area contributed by atoms with Gasteiger partial charge in [-0.1, -0.05) is 48.5 Å². The Morgan fingerprint density at radius 1 is 1.17 bits per heavy atom. The number of aromatic nitrogens is 2. The number of fused-ring (bicyclic) bond motifs is 1. The highest BCUT2D eigenvalue weighted by molar-refractivity contribution is 5.96. The first-order valence-electron chi connectivity index (χ1n) is 9.35. The molecule has 2 heterocycles. The number of hydrogen-bond acceptors (Lipinski definition) is 6. The fraction of sp³-hybridized carbons (Fsp3) is 0.182. The zero-order valence-electron chi connectivity index (χ0n) is 16.7. The van der Waals surface area contributed by atoms with Gasteiger partial charge in [0.05, 0.1) is 29.2 Å². The third kappa shape index (κ3) is 3.02. The summed E-state index contributed by atoms with van der Waals surface area (Å²) >= 11 is 0. The van der Waals surface area contributed by atoms with Gasteiger partial charge in [0.2, 0.25) is 0 Å². The highest BCUT2D eigenvalue weighted by atomic mass is 16.6. The van der Waals surface area contributed by atoms with E-state index in [2.05, 4.69) is 10.4 Å². The Bertz CT molecular complexity index is 1180. The summed E-state index contributed by atoms with van der Waals surface area (Å²) in [7, 11) is 3.10. The van der Waals surface area contributed by atoms with Gasteiger partial charge in [0.1, 0.15) is 5.82 Å². The molecule has 0 saturated carbocycles. The second kappa shape index (κ2) is 7.47. The number of ether oxygens (including phenoxy) is 1. The molecule has 30 heavy (non-hydrogen) atoms. The van der Waals surface area contributed by atoms with Gasteiger partial charge in [-0.15, -0.1) is 0 Å². The minimum absolute atomic E-state index is 0.0626. The van der Waals surface area contributed by atoms with Crippen LogP contribution in [0.2, 0.25) is 0 Å². The van der Waals surface area contributed by atoms with Crippen molar-refractivity contribution >= 4 is 17.5 Å². The monoisotopic (exact) mass is 404 g/mol. The standard InChI is InChI=1S/C22H20N4O4/c1-13-17(22(27)30-3)18(15-11-7-8-12-16(15)26(28)29)19-20(14-9-5-4-6-10-14)24-25(2)21(19)23-13/h4-12,18,23H,1-3H3. The summed E-state index contributed by atoms with van der Waals surface area (Å²) in [6.07, 6.45) is 0. The molecule has 4 rings (SSSR count). The molecular formula is C22H20N4O4. The third-order valence-corrected chi connectivity index (χ3v) is 5.27. The molecule has 0 bridgehead atoms. The van der Waals surface area contributed by atoms with E-state index in [9.17, 15) is 14.9 Å². The van der Waals surface area contributed by atoms with Crippen molar-refractivity contribution in [2.75, 3.05) is 12.4 Å². The summed E-state index contributed by atoms with van der Waals surface area (Å²) < 4.78 is 6.74. The Kier molecular flexibility index (Phi) is 4.83. The summed E-state index contributed by atoms with van der Waals surface area (Å²) in [6, 6.07) is 16.0. The smallest absolute Gasteiger partial charge is 0.336 e. The van der Waals surface area contributed by atoms with Crippen LogP contribution in [-0.2, 0) is 16.6 Å². The number of rotatable bonds is 4. The van der Waals surface area contributed by atoms with Crippen LogP contribution in [-0.4, -0.2) is 27.8 Å². The number of anilines is 1. The Hall–Kier alpha value is -3.94. The van der Waals surface area contributed by atoms with Gasteiger partial charge in [0, 0.05) is 35.5 Å².